The first-order valence-corrected chi connectivity index (χ1v) is 11.1. The van der Waals surface area contributed by atoms with Gasteiger partial charge >= 0.3 is 0 Å². The number of nitrogens with one attached hydrogen (secondary N) is 1. The second-order valence-electron chi connectivity index (χ2n) is 7.71. The number of nitriles is 1. The van der Waals surface area contributed by atoms with Crippen LogP contribution >= 0.6 is 0 Å². The van der Waals surface area contributed by atoms with Gasteiger partial charge in [-0.05, 0) is 61.7 Å². The Kier molecular flexibility index (Phi) is 8.74. The number of hydrogen-bond donors (Lipinski definition) is 1. The van der Waals surface area contributed by atoms with Crippen molar-refractivity contribution >= 4 is 12.1 Å². The summed E-state index contributed by atoms with van der Waals surface area (Å²) in [5.41, 5.74) is 5.95. The maximum atomic E-state index is 14.1. The van der Waals surface area contributed by atoms with Crippen molar-refractivity contribution in [2.24, 2.45) is 5.10 Å². The molecule has 3 aromatic rings. The third-order valence-electron chi connectivity index (χ3n) is 5.04. The molecule has 1 amide bonds. The van der Waals surface area contributed by atoms with Crippen LogP contribution in [0.1, 0.15) is 45.1 Å². The lowest BCUT2D eigenvalue weighted by Gasteiger charge is -2.17. The van der Waals surface area contributed by atoms with E-state index in [1.807, 2.05) is 50.2 Å². The fraction of sp³-hybridized carbons (Fsp3) is 0.179. The van der Waals surface area contributed by atoms with Crippen LogP contribution < -0.4 is 14.9 Å². The summed E-state index contributed by atoms with van der Waals surface area (Å²) in [6.07, 6.45) is 3.74. The van der Waals surface area contributed by atoms with Crippen LogP contribution in [-0.4, -0.2) is 18.7 Å². The molecule has 0 aliphatic heterocycles. The number of allylic oxidation sites excluding steroid dienone is 1. The van der Waals surface area contributed by atoms with E-state index >= 15 is 0 Å². The van der Waals surface area contributed by atoms with E-state index in [4.69, 9.17) is 14.7 Å². The van der Waals surface area contributed by atoms with E-state index in [-0.39, 0.29) is 11.1 Å². The summed E-state index contributed by atoms with van der Waals surface area (Å²) in [6, 6.07) is 17.2. The molecule has 0 bridgehead atoms. The second-order valence-corrected chi connectivity index (χ2v) is 7.71. The molecule has 0 heterocycles. The molecular formula is C28H26FN3O3. The quantitative estimate of drug-likeness (QED) is 0.241. The molecule has 0 aliphatic carbocycles. The maximum Gasteiger partial charge on any atom is 0.274 e. The Morgan fingerprint density at radius 2 is 1.94 bits per heavy atom. The first kappa shape index (κ1) is 25.2. The molecule has 0 aliphatic rings. The zero-order valence-electron chi connectivity index (χ0n) is 19.7. The van der Waals surface area contributed by atoms with Gasteiger partial charge in [-0.25, -0.2) is 9.82 Å². The Hall–Kier alpha value is -4.44. The fourth-order valence-electron chi connectivity index (χ4n) is 3.33. The van der Waals surface area contributed by atoms with E-state index in [0.717, 1.165) is 17.2 Å². The number of benzene rings is 3. The Balaban J connectivity index is 1.80. The van der Waals surface area contributed by atoms with Crippen LogP contribution in [0.5, 0.6) is 11.5 Å². The van der Waals surface area contributed by atoms with Gasteiger partial charge in [-0.15, -0.1) is 6.58 Å². The summed E-state index contributed by atoms with van der Waals surface area (Å²) in [5, 5.41) is 12.8. The van der Waals surface area contributed by atoms with E-state index in [1.165, 1.54) is 23.9 Å². The fourth-order valence-corrected chi connectivity index (χ4v) is 3.33. The summed E-state index contributed by atoms with van der Waals surface area (Å²) in [4.78, 5) is 12.3. The molecule has 178 valence electrons. The number of hydrazone groups is 1. The Labute approximate surface area is 204 Å². The normalized spacial score (nSPS) is 10.6. The molecule has 3 rings (SSSR count). The number of carbonyl (C=O) groups excluding carboxylic acids is 1. The smallest absolute Gasteiger partial charge is 0.274 e. The number of carbonyl (C=O) groups is 1. The molecule has 3 aromatic carbocycles. The van der Waals surface area contributed by atoms with Crippen molar-refractivity contribution in [3.63, 3.8) is 0 Å². The van der Waals surface area contributed by atoms with Gasteiger partial charge in [0.15, 0.2) is 11.5 Å². The topological polar surface area (TPSA) is 83.7 Å². The highest BCUT2D eigenvalue weighted by Crippen LogP contribution is 2.34. The molecule has 0 atom stereocenters. The number of amides is 1. The first-order valence-electron chi connectivity index (χ1n) is 11.1. The Morgan fingerprint density at radius 3 is 2.60 bits per heavy atom. The molecular weight excluding hydrogens is 445 g/mol. The molecule has 0 unspecified atom stereocenters. The molecule has 0 saturated carbocycles. The predicted octanol–water partition coefficient (Wildman–Crippen LogP) is 5.48. The summed E-state index contributed by atoms with van der Waals surface area (Å²) < 4.78 is 26.0. The minimum Gasteiger partial charge on any atom is -0.490 e. The standard InChI is InChI=1S/C28H26FN3O3/c1-4-6-23-13-22(17-31-32-28(33)24-12-11-21(16-30)14-25(24)29)15-26(34-5-2)27(23)35-18-20-9-7-19(3)8-10-20/h4,7-15,17H,1,5-6,18H2,2-3H3,(H,32,33)/b31-17-. The molecule has 0 fully saturated rings. The predicted molar refractivity (Wildman–Crippen MR) is 133 cm³/mol. The Morgan fingerprint density at radius 1 is 1.17 bits per heavy atom. The zero-order chi connectivity index (χ0) is 25.2. The van der Waals surface area contributed by atoms with E-state index in [0.29, 0.717) is 36.7 Å². The van der Waals surface area contributed by atoms with Crippen molar-refractivity contribution in [1.29, 1.82) is 5.26 Å². The molecule has 0 aromatic heterocycles. The summed E-state index contributed by atoms with van der Waals surface area (Å²) in [7, 11) is 0. The van der Waals surface area contributed by atoms with Gasteiger partial charge < -0.3 is 9.47 Å². The molecule has 0 radical (unpaired) electrons. The van der Waals surface area contributed by atoms with Crippen LogP contribution in [0.3, 0.4) is 0 Å². The molecule has 7 heteroatoms. The van der Waals surface area contributed by atoms with Gasteiger partial charge in [0.05, 0.1) is 30.0 Å². The molecule has 0 saturated heterocycles. The van der Waals surface area contributed by atoms with Gasteiger partial charge in [0.2, 0.25) is 0 Å². The third-order valence-corrected chi connectivity index (χ3v) is 5.04. The van der Waals surface area contributed by atoms with Crippen molar-refractivity contribution in [2.45, 2.75) is 26.9 Å². The number of nitrogens with zero attached hydrogens (tertiary/aromatic N) is 2. The third kappa shape index (κ3) is 6.78. The highest BCUT2D eigenvalue weighted by Gasteiger charge is 2.14. The van der Waals surface area contributed by atoms with Gasteiger partial charge in [0.1, 0.15) is 12.4 Å². The van der Waals surface area contributed by atoms with Crippen LogP contribution in [0, 0.1) is 24.1 Å². The van der Waals surface area contributed by atoms with Crippen molar-refractivity contribution in [3.05, 3.63) is 106 Å². The summed E-state index contributed by atoms with van der Waals surface area (Å²) in [6.45, 7) is 8.55. The summed E-state index contributed by atoms with van der Waals surface area (Å²) >= 11 is 0. The van der Waals surface area contributed by atoms with Crippen molar-refractivity contribution in [2.75, 3.05) is 6.61 Å². The van der Waals surface area contributed by atoms with E-state index in [2.05, 4.69) is 17.1 Å². The molecule has 35 heavy (non-hydrogen) atoms. The minimum absolute atomic E-state index is 0.130. The number of rotatable bonds is 10. The van der Waals surface area contributed by atoms with Crippen LogP contribution in [-0.2, 0) is 13.0 Å². The molecule has 0 spiro atoms. The van der Waals surface area contributed by atoms with E-state index in [9.17, 15) is 9.18 Å². The number of halogens is 1. The van der Waals surface area contributed by atoms with Crippen molar-refractivity contribution in [1.82, 2.24) is 5.43 Å². The van der Waals surface area contributed by atoms with Crippen LogP contribution in [0.4, 0.5) is 4.39 Å². The number of ether oxygens (including phenoxy) is 2. The highest BCUT2D eigenvalue weighted by molar-refractivity contribution is 5.95. The van der Waals surface area contributed by atoms with Crippen LogP contribution in [0.25, 0.3) is 0 Å². The van der Waals surface area contributed by atoms with Gasteiger partial charge in [-0.3, -0.25) is 4.79 Å². The lowest BCUT2D eigenvalue weighted by molar-refractivity contribution is 0.0951. The first-order chi connectivity index (χ1) is 16.9. The summed E-state index contributed by atoms with van der Waals surface area (Å²) in [5.74, 6) is -0.352. The number of aryl methyl sites for hydroxylation is 1. The second kappa shape index (κ2) is 12.1. The Bertz CT molecular complexity index is 1280. The van der Waals surface area contributed by atoms with Gasteiger partial charge in [-0.2, -0.15) is 10.4 Å². The van der Waals surface area contributed by atoms with Gasteiger partial charge in [-0.1, -0.05) is 35.9 Å². The lowest BCUT2D eigenvalue weighted by Crippen LogP contribution is -2.19. The van der Waals surface area contributed by atoms with E-state index < -0.39 is 11.7 Å². The lowest BCUT2D eigenvalue weighted by atomic mass is 10.1. The average molecular weight is 472 g/mol. The highest BCUT2D eigenvalue weighted by atomic mass is 19.1. The van der Waals surface area contributed by atoms with Gasteiger partial charge in [0.25, 0.3) is 5.91 Å². The SMILES string of the molecule is C=CCc1cc(/C=N\NC(=O)c2ccc(C#N)cc2F)cc(OCC)c1OCc1ccc(C)cc1. The molecule has 1 N–H and O–H groups in total. The van der Waals surface area contributed by atoms with Crippen molar-refractivity contribution in [3.8, 4) is 17.6 Å². The van der Waals surface area contributed by atoms with Crippen LogP contribution in [0.15, 0.2) is 72.4 Å². The van der Waals surface area contributed by atoms with Crippen LogP contribution in [0.2, 0.25) is 0 Å². The monoisotopic (exact) mass is 471 g/mol. The van der Waals surface area contributed by atoms with Gasteiger partial charge in [0, 0.05) is 5.56 Å². The average Bonchev–Trinajstić information content (AvgIpc) is 2.84. The largest absolute Gasteiger partial charge is 0.490 e. The molecule has 6 nitrogen and oxygen atoms in total. The van der Waals surface area contributed by atoms with Crippen molar-refractivity contribution < 1.29 is 18.7 Å². The minimum atomic E-state index is -0.793. The zero-order valence-corrected chi connectivity index (χ0v) is 19.7. The van der Waals surface area contributed by atoms with E-state index in [1.54, 1.807) is 12.1 Å². The number of hydrogen-bond acceptors (Lipinski definition) is 5. The maximum absolute atomic E-state index is 14.1.